The fourth-order valence-electron chi connectivity index (χ4n) is 3.78. The smallest absolute Gasteiger partial charge is 0.260 e. The minimum absolute atomic E-state index is 0.0208. The maximum Gasteiger partial charge on any atom is 0.260 e. The lowest BCUT2D eigenvalue weighted by atomic mass is 9.96. The van der Waals surface area contributed by atoms with Crippen molar-refractivity contribution < 1.29 is 18.8 Å². The summed E-state index contributed by atoms with van der Waals surface area (Å²) < 4.78 is 16.6. The van der Waals surface area contributed by atoms with Crippen LogP contribution in [-0.4, -0.2) is 53.9 Å². The second-order valence-corrected chi connectivity index (χ2v) is 7.63. The molecule has 0 saturated carbocycles. The van der Waals surface area contributed by atoms with Crippen LogP contribution in [0.3, 0.4) is 0 Å². The molecule has 0 unspecified atom stereocenters. The number of likely N-dealkylation sites (tertiary alicyclic amines) is 1. The number of piperidine rings is 1. The van der Waals surface area contributed by atoms with E-state index in [1.54, 1.807) is 0 Å². The molecule has 1 aromatic carbocycles. The van der Waals surface area contributed by atoms with Gasteiger partial charge < -0.3 is 18.9 Å². The summed E-state index contributed by atoms with van der Waals surface area (Å²) in [6, 6.07) is 7.73. The van der Waals surface area contributed by atoms with E-state index in [1.807, 2.05) is 36.1 Å². The first kappa shape index (κ1) is 18.9. The Morgan fingerprint density at radius 3 is 2.54 bits per heavy atom. The van der Waals surface area contributed by atoms with Crippen molar-refractivity contribution in [3.63, 3.8) is 0 Å². The van der Waals surface area contributed by atoms with Gasteiger partial charge in [-0.1, -0.05) is 22.9 Å². The van der Waals surface area contributed by atoms with Gasteiger partial charge in [0.05, 0.1) is 0 Å². The number of rotatable bonds is 5. The number of hydrogen-bond acceptors (Lipinski definition) is 6. The molecule has 0 N–H and O–H groups in total. The minimum Gasteiger partial charge on any atom is -0.484 e. The molecular formula is C21H27N3O4. The molecule has 2 aliphatic rings. The molecule has 2 aromatic rings. The molecule has 2 fully saturated rings. The number of amides is 1. The Kier molecular flexibility index (Phi) is 5.90. The average molecular weight is 385 g/mol. The van der Waals surface area contributed by atoms with E-state index in [9.17, 15) is 4.79 Å². The number of aromatic nitrogens is 2. The fourth-order valence-corrected chi connectivity index (χ4v) is 3.78. The van der Waals surface area contributed by atoms with Crippen LogP contribution in [0.5, 0.6) is 5.75 Å². The van der Waals surface area contributed by atoms with Gasteiger partial charge in [-0.2, -0.15) is 4.98 Å². The fraction of sp³-hybridized carbons (Fsp3) is 0.571. The van der Waals surface area contributed by atoms with Crippen molar-refractivity contribution in [1.29, 1.82) is 0 Å². The standard InChI is InChI=1S/C21H27N3O4/c1-15-2-4-18(5-3-15)27-14-19(25)24-10-6-17(7-11-24)21-22-20(23-28-21)16-8-12-26-13-9-16/h2-5,16-17H,6-14H2,1H3. The van der Waals surface area contributed by atoms with Gasteiger partial charge in [-0.25, -0.2) is 0 Å². The van der Waals surface area contributed by atoms with Crippen molar-refractivity contribution in [2.24, 2.45) is 0 Å². The van der Waals surface area contributed by atoms with E-state index in [2.05, 4.69) is 10.1 Å². The van der Waals surface area contributed by atoms with E-state index in [4.69, 9.17) is 14.0 Å². The van der Waals surface area contributed by atoms with Crippen molar-refractivity contribution in [2.45, 2.75) is 44.4 Å². The number of benzene rings is 1. The number of nitrogens with zero attached hydrogens (tertiary/aromatic N) is 3. The predicted molar refractivity (Wildman–Crippen MR) is 102 cm³/mol. The maximum absolute atomic E-state index is 12.4. The highest BCUT2D eigenvalue weighted by molar-refractivity contribution is 5.77. The molecule has 0 atom stereocenters. The van der Waals surface area contributed by atoms with Crippen molar-refractivity contribution in [1.82, 2.24) is 15.0 Å². The van der Waals surface area contributed by atoms with E-state index < -0.39 is 0 Å². The van der Waals surface area contributed by atoms with E-state index in [0.717, 1.165) is 50.5 Å². The number of hydrogen-bond donors (Lipinski definition) is 0. The first-order chi connectivity index (χ1) is 13.7. The Bertz CT molecular complexity index is 775. The normalized spacial score (nSPS) is 19.0. The Balaban J connectivity index is 1.25. The Hall–Kier alpha value is -2.41. The lowest BCUT2D eigenvalue weighted by Crippen LogP contribution is -2.40. The highest BCUT2D eigenvalue weighted by atomic mass is 16.5. The number of ether oxygens (including phenoxy) is 2. The second kappa shape index (κ2) is 8.73. The summed E-state index contributed by atoms with van der Waals surface area (Å²) in [4.78, 5) is 18.9. The van der Waals surface area contributed by atoms with Gasteiger partial charge in [-0.3, -0.25) is 4.79 Å². The average Bonchev–Trinajstić information content (AvgIpc) is 3.24. The SMILES string of the molecule is Cc1ccc(OCC(=O)N2CCC(c3nc(C4CCOCC4)no3)CC2)cc1. The lowest BCUT2D eigenvalue weighted by molar-refractivity contribution is -0.134. The van der Waals surface area contributed by atoms with Crippen molar-refractivity contribution in [3.05, 3.63) is 41.5 Å². The van der Waals surface area contributed by atoms with Gasteiger partial charge in [0.1, 0.15) is 5.75 Å². The van der Waals surface area contributed by atoms with Gasteiger partial charge in [0, 0.05) is 38.1 Å². The van der Waals surface area contributed by atoms with E-state index >= 15 is 0 Å². The summed E-state index contributed by atoms with van der Waals surface area (Å²) in [5, 5.41) is 4.20. The van der Waals surface area contributed by atoms with Crippen LogP contribution in [0.2, 0.25) is 0 Å². The van der Waals surface area contributed by atoms with Crippen LogP contribution in [0.15, 0.2) is 28.8 Å². The van der Waals surface area contributed by atoms with Crippen molar-refractivity contribution in [2.75, 3.05) is 32.9 Å². The van der Waals surface area contributed by atoms with E-state index in [0.29, 0.717) is 24.9 Å². The first-order valence-electron chi connectivity index (χ1n) is 10.1. The summed E-state index contributed by atoms with van der Waals surface area (Å²) in [6.07, 6.45) is 3.58. The van der Waals surface area contributed by atoms with Gasteiger partial charge in [-0.15, -0.1) is 0 Å². The van der Waals surface area contributed by atoms with Crippen LogP contribution in [0, 0.1) is 6.92 Å². The molecule has 28 heavy (non-hydrogen) atoms. The topological polar surface area (TPSA) is 77.7 Å². The summed E-state index contributed by atoms with van der Waals surface area (Å²) in [5.74, 6) is 2.83. The zero-order valence-corrected chi connectivity index (χ0v) is 16.3. The van der Waals surface area contributed by atoms with E-state index in [-0.39, 0.29) is 18.4 Å². The second-order valence-electron chi connectivity index (χ2n) is 7.63. The summed E-state index contributed by atoms with van der Waals surface area (Å²) in [7, 11) is 0. The van der Waals surface area contributed by atoms with Gasteiger partial charge in [0.15, 0.2) is 12.4 Å². The van der Waals surface area contributed by atoms with E-state index in [1.165, 1.54) is 5.56 Å². The third-order valence-electron chi connectivity index (χ3n) is 5.62. The molecule has 0 bridgehead atoms. The summed E-state index contributed by atoms with van der Waals surface area (Å²) in [6.45, 7) is 5.00. The van der Waals surface area contributed by atoms with Crippen LogP contribution in [-0.2, 0) is 9.53 Å². The molecule has 4 rings (SSSR count). The van der Waals surface area contributed by atoms with Crippen LogP contribution in [0.1, 0.15) is 54.8 Å². The van der Waals surface area contributed by atoms with Crippen molar-refractivity contribution in [3.8, 4) is 5.75 Å². The largest absolute Gasteiger partial charge is 0.484 e. The Morgan fingerprint density at radius 2 is 1.82 bits per heavy atom. The molecule has 1 aromatic heterocycles. The van der Waals surface area contributed by atoms with Gasteiger partial charge >= 0.3 is 0 Å². The van der Waals surface area contributed by atoms with Gasteiger partial charge in [0.2, 0.25) is 5.89 Å². The van der Waals surface area contributed by atoms with Gasteiger partial charge in [-0.05, 0) is 44.7 Å². The molecule has 7 nitrogen and oxygen atoms in total. The van der Waals surface area contributed by atoms with Crippen LogP contribution in [0.25, 0.3) is 0 Å². The quantitative estimate of drug-likeness (QED) is 0.787. The van der Waals surface area contributed by atoms with Crippen LogP contribution >= 0.6 is 0 Å². The predicted octanol–water partition coefficient (Wildman–Crippen LogP) is 3.06. The molecule has 1 amide bonds. The lowest BCUT2D eigenvalue weighted by Gasteiger charge is -2.30. The third kappa shape index (κ3) is 4.52. The molecule has 7 heteroatoms. The molecule has 0 aliphatic carbocycles. The molecule has 0 spiro atoms. The number of aryl methyl sites for hydroxylation is 1. The first-order valence-corrected chi connectivity index (χ1v) is 10.1. The summed E-state index contributed by atoms with van der Waals surface area (Å²) >= 11 is 0. The monoisotopic (exact) mass is 385 g/mol. The molecule has 2 saturated heterocycles. The highest BCUT2D eigenvalue weighted by Crippen LogP contribution is 2.30. The molecule has 0 radical (unpaired) electrons. The third-order valence-corrected chi connectivity index (χ3v) is 5.62. The minimum atomic E-state index is 0.0208. The van der Waals surface area contributed by atoms with Crippen LogP contribution in [0.4, 0.5) is 0 Å². The molecule has 2 aliphatic heterocycles. The summed E-state index contributed by atoms with van der Waals surface area (Å²) in [5.41, 5.74) is 1.17. The van der Waals surface area contributed by atoms with Gasteiger partial charge in [0.25, 0.3) is 5.91 Å². The Morgan fingerprint density at radius 1 is 1.11 bits per heavy atom. The number of carbonyl (C=O) groups is 1. The number of carbonyl (C=O) groups excluding carboxylic acids is 1. The highest BCUT2D eigenvalue weighted by Gasteiger charge is 2.29. The zero-order valence-electron chi connectivity index (χ0n) is 16.3. The maximum atomic E-state index is 12.4. The molecule has 3 heterocycles. The zero-order chi connectivity index (χ0) is 19.3. The van der Waals surface area contributed by atoms with Crippen LogP contribution < -0.4 is 4.74 Å². The molecular weight excluding hydrogens is 358 g/mol. The van der Waals surface area contributed by atoms with Crippen molar-refractivity contribution >= 4 is 5.91 Å². The molecule has 150 valence electrons. The Labute approximate surface area is 165 Å².